The van der Waals surface area contributed by atoms with E-state index in [1.807, 2.05) is 85.6 Å². The number of fused-ring (bicyclic) bond motifs is 1. The molecule has 42 heavy (non-hydrogen) atoms. The van der Waals surface area contributed by atoms with Crippen molar-refractivity contribution in [3.05, 3.63) is 95.2 Å². The lowest BCUT2D eigenvalue weighted by atomic mass is 10.1. The van der Waals surface area contributed by atoms with Gasteiger partial charge in [0.1, 0.15) is 6.54 Å². The molecular formula is C35H43N3O4. The minimum absolute atomic E-state index is 0.00470. The Balaban J connectivity index is 1.55. The van der Waals surface area contributed by atoms with Crippen molar-refractivity contribution in [1.82, 2.24) is 14.8 Å². The predicted molar refractivity (Wildman–Crippen MR) is 168 cm³/mol. The number of unbranched alkanes of at least 4 members (excludes halogenated alkanes) is 1. The van der Waals surface area contributed by atoms with E-state index in [2.05, 4.69) is 18.0 Å². The minimum atomic E-state index is -0.141. The second-order valence-electron chi connectivity index (χ2n) is 10.9. The topological polar surface area (TPSA) is 74.9 Å². The zero-order valence-electron chi connectivity index (χ0n) is 25.5. The third kappa shape index (κ3) is 7.52. The largest absolute Gasteiger partial charge is 0.493 e. The highest BCUT2D eigenvalue weighted by atomic mass is 16.5. The Kier molecular flexibility index (Phi) is 10.7. The van der Waals surface area contributed by atoms with Gasteiger partial charge in [-0.3, -0.25) is 9.59 Å². The molecule has 4 rings (SSSR count). The molecule has 7 heteroatoms. The van der Waals surface area contributed by atoms with E-state index in [1.54, 1.807) is 19.1 Å². The molecular weight excluding hydrogens is 526 g/mol. The van der Waals surface area contributed by atoms with Crippen LogP contribution < -0.4 is 9.47 Å². The van der Waals surface area contributed by atoms with Crippen LogP contribution in [0.4, 0.5) is 0 Å². The van der Waals surface area contributed by atoms with Crippen molar-refractivity contribution in [1.29, 1.82) is 0 Å². The van der Waals surface area contributed by atoms with E-state index in [0.29, 0.717) is 36.6 Å². The van der Waals surface area contributed by atoms with Gasteiger partial charge in [-0.25, -0.2) is 0 Å². The Bertz CT molecular complexity index is 1480. The number of carbonyl (C=O) groups excluding carboxylic acids is 2. The number of hydrogen-bond acceptors (Lipinski definition) is 4. The second kappa shape index (κ2) is 14.6. The Morgan fingerprint density at radius 1 is 0.881 bits per heavy atom. The van der Waals surface area contributed by atoms with E-state index >= 15 is 0 Å². The number of carbonyl (C=O) groups is 2. The van der Waals surface area contributed by atoms with Crippen LogP contribution in [0.1, 0.15) is 60.7 Å². The fraction of sp³-hybridized carbons (Fsp3) is 0.371. The van der Waals surface area contributed by atoms with Gasteiger partial charge in [0, 0.05) is 41.8 Å². The van der Waals surface area contributed by atoms with Crippen LogP contribution in [0.3, 0.4) is 0 Å². The summed E-state index contributed by atoms with van der Waals surface area (Å²) in [5, 5.41) is 1.15. The number of para-hydroxylation sites is 1. The average molecular weight is 570 g/mol. The van der Waals surface area contributed by atoms with E-state index in [1.165, 1.54) is 5.56 Å². The number of amides is 2. The highest BCUT2D eigenvalue weighted by molar-refractivity contribution is 5.96. The van der Waals surface area contributed by atoms with Crippen molar-refractivity contribution in [2.45, 2.75) is 59.0 Å². The summed E-state index contributed by atoms with van der Waals surface area (Å²) in [6.07, 6.45) is 5.94. The van der Waals surface area contributed by atoms with Gasteiger partial charge in [-0.2, -0.15) is 0 Å². The molecule has 2 amide bonds. The van der Waals surface area contributed by atoms with Gasteiger partial charge in [0.05, 0.1) is 14.2 Å². The molecule has 1 N–H and O–H groups in total. The lowest BCUT2D eigenvalue weighted by Crippen LogP contribution is -2.46. The number of aromatic amines is 1. The van der Waals surface area contributed by atoms with Gasteiger partial charge in [0.25, 0.3) is 5.91 Å². The normalized spacial score (nSPS) is 11.1. The van der Waals surface area contributed by atoms with E-state index in [9.17, 15) is 9.59 Å². The van der Waals surface area contributed by atoms with Crippen LogP contribution in [-0.2, 0) is 24.2 Å². The number of nitrogens with zero attached hydrogens (tertiary/aromatic N) is 2. The summed E-state index contributed by atoms with van der Waals surface area (Å²) >= 11 is 0. The first-order valence-corrected chi connectivity index (χ1v) is 14.8. The quantitative estimate of drug-likeness (QED) is 0.185. The standard InChI is InChI=1S/C35H43N3O4/c1-6-7-10-26-13-16-28(17-14-26)35(40)38(25(2)3)24-34(39)37(23-27-15-18-32(41-4)33(21-27)42-5)20-19-29-22-36-31-12-9-8-11-30(29)31/h8-9,11-18,21-22,25,36H,6-7,10,19-20,23-24H2,1-5H3. The van der Waals surface area contributed by atoms with Crippen LogP contribution in [0.15, 0.2) is 72.9 Å². The van der Waals surface area contributed by atoms with Crippen LogP contribution >= 0.6 is 0 Å². The third-order valence-electron chi connectivity index (χ3n) is 7.71. The van der Waals surface area contributed by atoms with Gasteiger partial charge < -0.3 is 24.3 Å². The molecule has 7 nitrogen and oxygen atoms in total. The number of methoxy groups -OCH3 is 2. The Morgan fingerprint density at radius 3 is 2.29 bits per heavy atom. The molecule has 0 aliphatic carbocycles. The zero-order chi connectivity index (χ0) is 30.1. The summed E-state index contributed by atoms with van der Waals surface area (Å²) in [6, 6.07) is 21.5. The van der Waals surface area contributed by atoms with Gasteiger partial charge in [-0.05, 0) is 80.1 Å². The van der Waals surface area contributed by atoms with Crippen molar-refractivity contribution in [2.75, 3.05) is 27.3 Å². The monoisotopic (exact) mass is 569 g/mol. The van der Waals surface area contributed by atoms with Crippen LogP contribution in [-0.4, -0.2) is 59.9 Å². The first kappa shape index (κ1) is 30.7. The number of ether oxygens (including phenoxy) is 2. The molecule has 1 heterocycles. The van der Waals surface area contributed by atoms with Crippen molar-refractivity contribution < 1.29 is 19.1 Å². The summed E-state index contributed by atoms with van der Waals surface area (Å²) in [4.78, 5) is 34.4. The first-order chi connectivity index (χ1) is 20.3. The Morgan fingerprint density at radius 2 is 1.60 bits per heavy atom. The number of aromatic nitrogens is 1. The zero-order valence-corrected chi connectivity index (χ0v) is 25.5. The number of nitrogens with one attached hydrogen (secondary N) is 1. The van der Waals surface area contributed by atoms with Crippen LogP contribution in [0.25, 0.3) is 10.9 Å². The number of benzene rings is 3. The predicted octanol–water partition coefficient (Wildman–Crippen LogP) is 6.65. The maximum atomic E-state index is 13.9. The maximum absolute atomic E-state index is 13.9. The van der Waals surface area contributed by atoms with E-state index in [0.717, 1.165) is 41.3 Å². The summed E-state index contributed by atoms with van der Waals surface area (Å²) in [7, 11) is 3.20. The highest BCUT2D eigenvalue weighted by Gasteiger charge is 2.25. The van der Waals surface area contributed by atoms with Gasteiger partial charge in [-0.15, -0.1) is 0 Å². The van der Waals surface area contributed by atoms with Gasteiger partial charge >= 0.3 is 0 Å². The molecule has 0 radical (unpaired) electrons. The lowest BCUT2D eigenvalue weighted by molar-refractivity contribution is -0.132. The van der Waals surface area contributed by atoms with Crippen LogP contribution in [0.2, 0.25) is 0 Å². The van der Waals surface area contributed by atoms with E-state index < -0.39 is 0 Å². The van der Waals surface area contributed by atoms with Gasteiger partial charge in [0.15, 0.2) is 11.5 Å². The van der Waals surface area contributed by atoms with Gasteiger partial charge in [-0.1, -0.05) is 49.7 Å². The first-order valence-electron chi connectivity index (χ1n) is 14.8. The number of H-pyrrole nitrogens is 1. The van der Waals surface area contributed by atoms with E-state index in [-0.39, 0.29) is 24.4 Å². The molecule has 0 unspecified atom stereocenters. The SMILES string of the molecule is CCCCc1ccc(C(=O)N(CC(=O)N(CCc2c[nH]c3ccccc23)Cc2ccc(OC)c(OC)c2)C(C)C)cc1. The van der Waals surface area contributed by atoms with Crippen molar-refractivity contribution >= 4 is 22.7 Å². The summed E-state index contributed by atoms with van der Waals surface area (Å²) in [6.45, 7) is 6.95. The van der Waals surface area contributed by atoms with Crippen molar-refractivity contribution in [2.24, 2.45) is 0 Å². The summed E-state index contributed by atoms with van der Waals surface area (Å²) in [5.74, 6) is 1.00. The molecule has 4 aromatic rings. The molecule has 0 fully saturated rings. The average Bonchev–Trinajstić information content (AvgIpc) is 3.43. The molecule has 0 aliphatic rings. The third-order valence-corrected chi connectivity index (χ3v) is 7.71. The Labute approximate surface area is 249 Å². The summed E-state index contributed by atoms with van der Waals surface area (Å²) in [5.41, 5.74) is 4.96. The molecule has 0 saturated carbocycles. The molecule has 1 aromatic heterocycles. The van der Waals surface area contributed by atoms with E-state index in [4.69, 9.17) is 9.47 Å². The second-order valence-corrected chi connectivity index (χ2v) is 10.9. The fourth-order valence-corrected chi connectivity index (χ4v) is 5.18. The molecule has 222 valence electrons. The molecule has 3 aromatic carbocycles. The Hall–Kier alpha value is -4.26. The molecule has 0 atom stereocenters. The molecule has 0 spiro atoms. The number of rotatable bonds is 14. The molecule has 0 bridgehead atoms. The van der Waals surface area contributed by atoms with Gasteiger partial charge in [0.2, 0.25) is 5.91 Å². The molecule has 0 aliphatic heterocycles. The van der Waals surface area contributed by atoms with Crippen molar-refractivity contribution in [3.63, 3.8) is 0 Å². The highest BCUT2D eigenvalue weighted by Crippen LogP contribution is 2.28. The minimum Gasteiger partial charge on any atom is -0.493 e. The van der Waals surface area contributed by atoms with Crippen LogP contribution in [0, 0.1) is 0 Å². The van der Waals surface area contributed by atoms with Crippen LogP contribution in [0.5, 0.6) is 11.5 Å². The number of hydrogen-bond donors (Lipinski definition) is 1. The number of aryl methyl sites for hydroxylation is 1. The van der Waals surface area contributed by atoms with Crippen molar-refractivity contribution in [3.8, 4) is 11.5 Å². The smallest absolute Gasteiger partial charge is 0.254 e. The molecule has 0 saturated heterocycles. The summed E-state index contributed by atoms with van der Waals surface area (Å²) < 4.78 is 10.9. The maximum Gasteiger partial charge on any atom is 0.254 e. The lowest BCUT2D eigenvalue weighted by Gasteiger charge is -2.30. The fourth-order valence-electron chi connectivity index (χ4n) is 5.18.